The van der Waals surface area contributed by atoms with Crippen LogP contribution in [0, 0.1) is 0 Å². The van der Waals surface area contributed by atoms with Crippen LogP contribution in [0.2, 0.25) is 0 Å². The quantitative estimate of drug-likeness (QED) is 0.577. The molecule has 3 rings (SSSR count). The Balaban J connectivity index is 1.89. The molecule has 32 heavy (non-hydrogen) atoms. The molecule has 0 fully saturated rings. The van der Waals surface area contributed by atoms with Crippen LogP contribution in [0.15, 0.2) is 63.9 Å². The highest BCUT2D eigenvalue weighted by molar-refractivity contribution is 7.89. The van der Waals surface area contributed by atoms with Crippen LogP contribution in [0.3, 0.4) is 0 Å². The number of amides is 1. The Kier molecular flexibility index (Phi) is 6.33. The van der Waals surface area contributed by atoms with Gasteiger partial charge in [-0.1, -0.05) is 12.1 Å². The normalized spacial score (nSPS) is 12.1. The van der Waals surface area contributed by atoms with Crippen molar-refractivity contribution in [1.29, 1.82) is 0 Å². The minimum absolute atomic E-state index is 0.0668. The van der Waals surface area contributed by atoms with Crippen molar-refractivity contribution < 1.29 is 35.5 Å². The van der Waals surface area contributed by atoms with Crippen molar-refractivity contribution in [3.8, 4) is 17.1 Å². The van der Waals surface area contributed by atoms with E-state index in [1.54, 1.807) is 0 Å². The molecule has 0 radical (unpaired) electrons. The zero-order valence-electron chi connectivity index (χ0n) is 17.2. The minimum Gasteiger partial charge on any atom is -0.495 e. The Morgan fingerprint density at radius 3 is 2.41 bits per heavy atom. The van der Waals surface area contributed by atoms with E-state index < -0.39 is 27.7 Å². The van der Waals surface area contributed by atoms with Gasteiger partial charge in [-0.25, -0.2) is 12.7 Å². The summed E-state index contributed by atoms with van der Waals surface area (Å²) in [5.74, 6) is -0.640. The Morgan fingerprint density at radius 1 is 1.06 bits per heavy atom. The van der Waals surface area contributed by atoms with Crippen LogP contribution in [-0.4, -0.2) is 39.8 Å². The first kappa shape index (κ1) is 23.4. The number of halogens is 3. The second-order valence-electron chi connectivity index (χ2n) is 6.85. The fraction of sp³-hybridized carbons (Fsp3) is 0.190. The lowest BCUT2D eigenvalue weighted by molar-refractivity contribution is -0.137. The van der Waals surface area contributed by atoms with Gasteiger partial charge in [-0.15, -0.1) is 0 Å². The summed E-state index contributed by atoms with van der Waals surface area (Å²) < 4.78 is 75.2. The number of carbonyl (C=O) groups is 1. The molecule has 1 aromatic heterocycles. The molecule has 3 aromatic rings. The zero-order valence-corrected chi connectivity index (χ0v) is 18.0. The fourth-order valence-corrected chi connectivity index (χ4v) is 3.73. The summed E-state index contributed by atoms with van der Waals surface area (Å²) in [4.78, 5) is 12.6. The van der Waals surface area contributed by atoms with E-state index in [4.69, 9.17) is 9.15 Å². The van der Waals surface area contributed by atoms with E-state index in [0.717, 1.165) is 16.4 Å². The molecule has 0 saturated carbocycles. The highest BCUT2D eigenvalue weighted by atomic mass is 32.2. The van der Waals surface area contributed by atoms with Gasteiger partial charge in [-0.3, -0.25) is 4.79 Å². The first-order valence-corrected chi connectivity index (χ1v) is 10.6. The molecule has 0 saturated heterocycles. The number of methoxy groups -OCH3 is 1. The maximum absolute atomic E-state index is 12.9. The number of hydrogen-bond acceptors (Lipinski definition) is 5. The van der Waals surface area contributed by atoms with E-state index in [0.29, 0.717) is 0 Å². The Hall–Kier alpha value is -3.31. The van der Waals surface area contributed by atoms with E-state index in [1.807, 2.05) is 0 Å². The number of sulfonamides is 1. The molecule has 1 N–H and O–H groups in total. The summed E-state index contributed by atoms with van der Waals surface area (Å²) in [7, 11) is 0.331. The Bertz CT molecular complexity index is 1250. The predicted octanol–water partition coefficient (Wildman–Crippen LogP) is 4.48. The molecule has 1 amide bonds. The molecule has 0 spiro atoms. The lowest BCUT2D eigenvalue weighted by Gasteiger charge is -2.14. The molecule has 11 heteroatoms. The van der Waals surface area contributed by atoms with Gasteiger partial charge in [0.2, 0.25) is 10.0 Å². The summed E-state index contributed by atoms with van der Waals surface area (Å²) in [5.41, 5.74) is -0.617. The monoisotopic (exact) mass is 468 g/mol. The Morgan fingerprint density at radius 2 is 1.78 bits per heavy atom. The van der Waals surface area contributed by atoms with Gasteiger partial charge in [0.05, 0.1) is 23.3 Å². The number of carbonyl (C=O) groups excluding carboxylic acids is 1. The van der Waals surface area contributed by atoms with Gasteiger partial charge in [0.25, 0.3) is 5.91 Å². The predicted molar refractivity (Wildman–Crippen MR) is 111 cm³/mol. The molecule has 0 bridgehead atoms. The molecule has 2 aromatic carbocycles. The number of rotatable bonds is 6. The van der Waals surface area contributed by atoms with Gasteiger partial charge in [-0.2, -0.15) is 13.2 Å². The molecule has 0 aliphatic heterocycles. The number of furan rings is 1. The van der Waals surface area contributed by atoms with Gasteiger partial charge < -0.3 is 14.5 Å². The van der Waals surface area contributed by atoms with Crippen molar-refractivity contribution in [2.45, 2.75) is 11.1 Å². The third kappa shape index (κ3) is 4.78. The number of hydrogen-bond donors (Lipinski definition) is 1. The fourth-order valence-electron chi connectivity index (χ4n) is 2.80. The average molecular weight is 468 g/mol. The van der Waals surface area contributed by atoms with Gasteiger partial charge in [0.15, 0.2) is 5.76 Å². The standard InChI is InChI=1S/C21H19F3N2O5S/c1-26(2)32(28,29)15-7-8-18(30-3)16(12-15)25-20(27)19-10-9-17(31-19)13-5-4-6-14(11-13)21(22,23)24/h4-12H,1-3H3,(H,25,27). The molecule has 0 aliphatic carbocycles. The number of nitrogens with zero attached hydrogens (tertiary/aromatic N) is 1. The maximum atomic E-state index is 12.9. The summed E-state index contributed by atoms with van der Waals surface area (Å²) in [6, 6.07) is 11.1. The number of nitrogens with one attached hydrogen (secondary N) is 1. The molecular weight excluding hydrogens is 449 g/mol. The minimum atomic E-state index is -4.52. The summed E-state index contributed by atoms with van der Waals surface area (Å²) in [6.07, 6.45) is -4.52. The van der Waals surface area contributed by atoms with Crippen LogP contribution >= 0.6 is 0 Å². The third-order valence-corrected chi connectivity index (χ3v) is 6.31. The second-order valence-corrected chi connectivity index (χ2v) is 9.00. The number of benzene rings is 2. The van der Waals surface area contributed by atoms with Crippen molar-refractivity contribution in [2.24, 2.45) is 0 Å². The highest BCUT2D eigenvalue weighted by Gasteiger charge is 2.30. The maximum Gasteiger partial charge on any atom is 0.416 e. The van der Waals surface area contributed by atoms with Crippen LogP contribution in [-0.2, 0) is 16.2 Å². The molecule has 0 unspecified atom stereocenters. The van der Waals surface area contributed by atoms with Crippen LogP contribution in [0.1, 0.15) is 16.1 Å². The van der Waals surface area contributed by atoms with E-state index >= 15 is 0 Å². The first-order chi connectivity index (χ1) is 14.9. The molecule has 7 nitrogen and oxygen atoms in total. The van der Waals surface area contributed by atoms with E-state index in [1.165, 1.54) is 63.7 Å². The van der Waals surface area contributed by atoms with Gasteiger partial charge in [0.1, 0.15) is 11.5 Å². The highest BCUT2D eigenvalue weighted by Crippen LogP contribution is 2.33. The van der Waals surface area contributed by atoms with Crippen molar-refractivity contribution >= 4 is 21.6 Å². The summed E-state index contributed by atoms with van der Waals surface area (Å²) in [5, 5.41) is 2.51. The lowest BCUT2D eigenvalue weighted by atomic mass is 10.1. The van der Waals surface area contributed by atoms with E-state index in [2.05, 4.69) is 5.32 Å². The molecule has 0 aliphatic rings. The van der Waals surface area contributed by atoms with Crippen molar-refractivity contribution in [1.82, 2.24) is 4.31 Å². The van der Waals surface area contributed by atoms with E-state index in [9.17, 15) is 26.4 Å². The zero-order chi connectivity index (χ0) is 23.7. The van der Waals surface area contributed by atoms with Crippen LogP contribution < -0.4 is 10.1 Å². The van der Waals surface area contributed by atoms with Gasteiger partial charge >= 0.3 is 6.18 Å². The summed E-state index contributed by atoms with van der Waals surface area (Å²) in [6.45, 7) is 0. The number of anilines is 1. The molecule has 0 atom stereocenters. The first-order valence-electron chi connectivity index (χ1n) is 9.13. The second kappa shape index (κ2) is 8.67. The lowest BCUT2D eigenvalue weighted by Crippen LogP contribution is -2.22. The Labute approximate surface area is 182 Å². The van der Waals surface area contributed by atoms with Gasteiger partial charge in [-0.05, 0) is 42.5 Å². The van der Waals surface area contributed by atoms with Crippen molar-refractivity contribution in [2.75, 3.05) is 26.5 Å². The van der Waals surface area contributed by atoms with Gasteiger partial charge in [0, 0.05) is 19.7 Å². The van der Waals surface area contributed by atoms with Crippen molar-refractivity contribution in [3.63, 3.8) is 0 Å². The molecule has 1 heterocycles. The molecule has 170 valence electrons. The van der Waals surface area contributed by atoms with Crippen LogP contribution in [0.5, 0.6) is 5.75 Å². The molecular formula is C21H19F3N2O5S. The van der Waals surface area contributed by atoms with Crippen LogP contribution in [0.25, 0.3) is 11.3 Å². The number of alkyl halides is 3. The topological polar surface area (TPSA) is 88.9 Å². The number of ether oxygens (including phenoxy) is 1. The third-order valence-electron chi connectivity index (χ3n) is 4.50. The average Bonchev–Trinajstić information content (AvgIpc) is 3.23. The van der Waals surface area contributed by atoms with Crippen LogP contribution in [0.4, 0.5) is 18.9 Å². The smallest absolute Gasteiger partial charge is 0.416 e. The summed E-state index contributed by atoms with van der Waals surface area (Å²) >= 11 is 0. The van der Waals surface area contributed by atoms with Crippen molar-refractivity contribution in [3.05, 3.63) is 65.9 Å². The SMILES string of the molecule is COc1ccc(S(=O)(=O)N(C)C)cc1NC(=O)c1ccc(-c2cccc(C(F)(F)F)c2)o1. The largest absolute Gasteiger partial charge is 0.495 e. The van der Waals surface area contributed by atoms with E-state index in [-0.39, 0.29) is 33.4 Å².